The predicted octanol–water partition coefficient (Wildman–Crippen LogP) is 2.30. The van der Waals surface area contributed by atoms with Crippen molar-refractivity contribution in [3.8, 4) is 0 Å². The second-order valence-electron chi connectivity index (χ2n) is 3.82. The highest BCUT2D eigenvalue weighted by atomic mass is 35.5. The van der Waals surface area contributed by atoms with E-state index in [4.69, 9.17) is 21.8 Å². The highest BCUT2D eigenvalue weighted by molar-refractivity contribution is 7.99. The van der Waals surface area contributed by atoms with Crippen LogP contribution in [0.1, 0.15) is 12.3 Å². The highest BCUT2D eigenvalue weighted by Crippen LogP contribution is 2.18. The largest absolute Gasteiger partial charge is 0.415 e. The summed E-state index contributed by atoms with van der Waals surface area (Å²) in [5.41, 5.74) is 6.03. The van der Waals surface area contributed by atoms with Gasteiger partial charge in [0.25, 0.3) is 5.22 Å². The number of nitrogens with zero attached hydrogens (tertiary/aromatic N) is 2. The lowest BCUT2D eigenvalue weighted by Gasteiger charge is -2.04. The fourth-order valence-electron chi connectivity index (χ4n) is 1.40. The molecule has 0 spiro atoms. The van der Waals surface area contributed by atoms with Gasteiger partial charge in [0.15, 0.2) is 0 Å². The molecule has 0 saturated heterocycles. The first-order chi connectivity index (χ1) is 9.67. The van der Waals surface area contributed by atoms with Crippen LogP contribution in [-0.2, 0) is 11.3 Å². The van der Waals surface area contributed by atoms with Crippen molar-refractivity contribution in [1.29, 1.82) is 0 Å². The van der Waals surface area contributed by atoms with Crippen LogP contribution in [0.15, 0.2) is 33.9 Å². The van der Waals surface area contributed by atoms with Gasteiger partial charge in [-0.05, 0) is 18.2 Å². The molecule has 6 nitrogen and oxygen atoms in total. The Morgan fingerprint density at radius 1 is 1.45 bits per heavy atom. The first-order valence-electron chi connectivity index (χ1n) is 5.88. The monoisotopic (exact) mass is 312 g/mol. The molecule has 0 aliphatic rings. The van der Waals surface area contributed by atoms with Gasteiger partial charge < -0.3 is 15.5 Å². The lowest BCUT2D eigenvalue weighted by molar-refractivity contribution is -0.115. The van der Waals surface area contributed by atoms with E-state index in [-0.39, 0.29) is 12.5 Å². The third kappa shape index (κ3) is 4.52. The van der Waals surface area contributed by atoms with Crippen LogP contribution in [0.3, 0.4) is 0 Å². The number of amides is 1. The number of anilines is 1. The van der Waals surface area contributed by atoms with Crippen molar-refractivity contribution in [3.05, 3.63) is 35.2 Å². The van der Waals surface area contributed by atoms with E-state index in [0.29, 0.717) is 34.0 Å². The maximum atomic E-state index is 11.7. The molecule has 8 heteroatoms. The summed E-state index contributed by atoms with van der Waals surface area (Å²) in [6.07, 6.45) is 0.331. The fraction of sp³-hybridized carbons (Fsp3) is 0.250. The van der Waals surface area contributed by atoms with Gasteiger partial charge in [0.2, 0.25) is 11.8 Å². The molecular formula is C12H13ClN4O2S. The number of rotatable bonds is 6. The molecule has 0 atom stereocenters. The summed E-state index contributed by atoms with van der Waals surface area (Å²) in [5, 5.41) is 11.3. The number of carbonyl (C=O) groups excluding carboxylic acids is 1. The maximum Gasteiger partial charge on any atom is 0.276 e. The number of benzene rings is 1. The molecule has 0 unspecified atom stereocenters. The summed E-state index contributed by atoms with van der Waals surface area (Å²) in [6, 6.07) is 7.00. The van der Waals surface area contributed by atoms with Crippen LogP contribution in [0.4, 0.5) is 5.69 Å². The van der Waals surface area contributed by atoms with Gasteiger partial charge in [-0.25, -0.2) is 0 Å². The topological polar surface area (TPSA) is 94.0 Å². The first kappa shape index (κ1) is 14.8. The minimum Gasteiger partial charge on any atom is -0.415 e. The quantitative estimate of drug-likeness (QED) is 0.795. The van der Waals surface area contributed by atoms with Crippen LogP contribution in [0, 0.1) is 0 Å². The van der Waals surface area contributed by atoms with Gasteiger partial charge >= 0.3 is 0 Å². The molecule has 20 heavy (non-hydrogen) atoms. The Bertz CT molecular complexity index is 590. The molecule has 1 amide bonds. The molecule has 0 aliphatic heterocycles. The van der Waals surface area contributed by atoms with Gasteiger partial charge in [0.05, 0.1) is 6.54 Å². The molecule has 0 aliphatic carbocycles. The number of aromatic nitrogens is 2. The summed E-state index contributed by atoms with van der Waals surface area (Å²) >= 11 is 7.15. The third-order valence-electron chi connectivity index (χ3n) is 2.29. The number of halogens is 1. The van der Waals surface area contributed by atoms with E-state index < -0.39 is 0 Å². The highest BCUT2D eigenvalue weighted by Gasteiger charge is 2.07. The van der Waals surface area contributed by atoms with Gasteiger partial charge in [-0.3, -0.25) is 4.79 Å². The third-order valence-corrected chi connectivity index (χ3v) is 3.34. The van der Waals surface area contributed by atoms with Gasteiger partial charge in [-0.2, -0.15) is 0 Å². The van der Waals surface area contributed by atoms with Gasteiger partial charge in [0.1, 0.15) is 0 Å². The summed E-state index contributed by atoms with van der Waals surface area (Å²) in [4.78, 5) is 11.7. The number of nitrogens with two attached hydrogens (primary N) is 1. The minimum absolute atomic E-state index is 0.0988. The Kier molecular flexibility index (Phi) is 5.40. The molecule has 0 saturated carbocycles. The molecule has 0 bridgehead atoms. The van der Waals surface area contributed by atoms with Crippen LogP contribution in [0.25, 0.3) is 0 Å². The van der Waals surface area contributed by atoms with Crippen molar-refractivity contribution < 1.29 is 9.21 Å². The zero-order chi connectivity index (χ0) is 14.4. The second kappa shape index (κ2) is 7.28. The average molecular weight is 313 g/mol. The molecule has 106 valence electrons. The van der Waals surface area contributed by atoms with Crippen LogP contribution >= 0.6 is 23.4 Å². The van der Waals surface area contributed by atoms with Gasteiger partial charge in [-0.1, -0.05) is 29.4 Å². The molecule has 2 aromatic rings. The fourth-order valence-corrected chi connectivity index (χ4v) is 2.31. The molecule has 0 fully saturated rings. The molecular weight excluding hydrogens is 300 g/mol. The van der Waals surface area contributed by atoms with E-state index in [1.165, 1.54) is 11.8 Å². The second-order valence-corrected chi connectivity index (χ2v) is 5.31. The Morgan fingerprint density at radius 2 is 2.30 bits per heavy atom. The Labute approximate surface area is 125 Å². The normalized spacial score (nSPS) is 10.5. The summed E-state index contributed by atoms with van der Waals surface area (Å²) < 4.78 is 5.22. The zero-order valence-electron chi connectivity index (χ0n) is 10.5. The Morgan fingerprint density at radius 3 is 3.00 bits per heavy atom. The van der Waals surface area contributed by atoms with E-state index in [9.17, 15) is 4.79 Å². The van der Waals surface area contributed by atoms with Crippen LogP contribution in [-0.4, -0.2) is 21.9 Å². The van der Waals surface area contributed by atoms with E-state index in [1.807, 2.05) is 0 Å². The Hall–Kier alpha value is -1.57. The maximum absolute atomic E-state index is 11.7. The van der Waals surface area contributed by atoms with Crippen LogP contribution in [0.5, 0.6) is 0 Å². The lowest BCUT2D eigenvalue weighted by atomic mass is 10.3. The van der Waals surface area contributed by atoms with Crippen LogP contribution < -0.4 is 11.1 Å². The number of hydrogen-bond acceptors (Lipinski definition) is 6. The van der Waals surface area contributed by atoms with Crippen LogP contribution in [0.2, 0.25) is 5.02 Å². The number of thioether (sulfide) groups is 1. The molecule has 1 aromatic carbocycles. The van der Waals surface area contributed by atoms with Crippen molar-refractivity contribution >= 4 is 35.0 Å². The van der Waals surface area contributed by atoms with Crippen molar-refractivity contribution in [1.82, 2.24) is 10.2 Å². The zero-order valence-corrected chi connectivity index (χ0v) is 12.1. The van der Waals surface area contributed by atoms with E-state index >= 15 is 0 Å². The van der Waals surface area contributed by atoms with Crippen molar-refractivity contribution in [3.63, 3.8) is 0 Å². The molecule has 0 radical (unpaired) electrons. The predicted molar refractivity (Wildman–Crippen MR) is 77.6 cm³/mol. The summed E-state index contributed by atoms with van der Waals surface area (Å²) in [6.45, 7) is 0.211. The number of carbonyl (C=O) groups is 1. The standard InChI is InChI=1S/C12H13ClN4O2S/c13-8-2-1-3-9(6-8)15-10(18)4-5-20-12-17-16-11(7-14)19-12/h1-3,6H,4-5,7,14H2,(H,15,18). The van der Waals surface area contributed by atoms with Crippen molar-refractivity contribution in [2.75, 3.05) is 11.1 Å². The van der Waals surface area contributed by atoms with Crippen molar-refractivity contribution in [2.45, 2.75) is 18.2 Å². The smallest absolute Gasteiger partial charge is 0.276 e. The van der Waals surface area contributed by atoms with Gasteiger partial charge in [0, 0.05) is 22.9 Å². The summed E-state index contributed by atoms with van der Waals surface area (Å²) in [5.74, 6) is 0.827. The Balaban J connectivity index is 1.75. The number of nitrogens with one attached hydrogen (secondary N) is 1. The molecule has 1 heterocycles. The van der Waals surface area contributed by atoms with Crippen molar-refractivity contribution in [2.24, 2.45) is 5.73 Å². The SMILES string of the molecule is NCc1nnc(SCCC(=O)Nc2cccc(Cl)c2)o1. The average Bonchev–Trinajstić information content (AvgIpc) is 2.86. The van der Waals surface area contributed by atoms with E-state index in [2.05, 4.69) is 15.5 Å². The summed E-state index contributed by atoms with van der Waals surface area (Å²) in [7, 11) is 0. The molecule has 1 aromatic heterocycles. The van der Waals surface area contributed by atoms with E-state index in [1.54, 1.807) is 24.3 Å². The molecule has 2 rings (SSSR count). The molecule has 3 N–H and O–H groups in total. The van der Waals surface area contributed by atoms with E-state index in [0.717, 1.165) is 0 Å². The minimum atomic E-state index is -0.0988. The first-order valence-corrected chi connectivity index (χ1v) is 7.24. The number of hydrogen-bond donors (Lipinski definition) is 2. The van der Waals surface area contributed by atoms with Gasteiger partial charge in [-0.15, -0.1) is 10.2 Å². The lowest BCUT2D eigenvalue weighted by Crippen LogP contribution is -2.12.